The van der Waals surface area contributed by atoms with E-state index in [4.69, 9.17) is 9.47 Å². The van der Waals surface area contributed by atoms with Gasteiger partial charge in [-0.05, 0) is 25.7 Å². The Kier molecular flexibility index (Phi) is 5.27. The molecule has 1 aromatic rings. The SMILES string of the molecule is Cc1nc([C@@H]2CN(C(=O)CO[C@H]3CCC[C@H](C)C3)CCO2)n[nH]1. The van der Waals surface area contributed by atoms with Crippen LogP contribution in [-0.4, -0.2) is 58.4 Å². The summed E-state index contributed by atoms with van der Waals surface area (Å²) in [5.41, 5.74) is 0. The number of carbonyl (C=O) groups excluding carboxylic acids is 1. The fraction of sp³-hybridized carbons (Fsp3) is 0.812. The lowest BCUT2D eigenvalue weighted by Crippen LogP contribution is -2.44. The van der Waals surface area contributed by atoms with Crippen LogP contribution < -0.4 is 0 Å². The van der Waals surface area contributed by atoms with Gasteiger partial charge in [0.15, 0.2) is 5.82 Å². The highest BCUT2D eigenvalue weighted by molar-refractivity contribution is 5.77. The fourth-order valence-electron chi connectivity index (χ4n) is 3.35. The number of morpholine rings is 1. The summed E-state index contributed by atoms with van der Waals surface area (Å²) in [6.07, 6.45) is 4.58. The number of hydrogen-bond acceptors (Lipinski definition) is 5. The second kappa shape index (κ2) is 7.40. The van der Waals surface area contributed by atoms with E-state index in [0.717, 1.165) is 18.7 Å². The van der Waals surface area contributed by atoms with Gasteiger partial charge in [0.25, 0.3) is 0 Å². The molecule has 0 spiro atoms. The summed E-state index contributed by atoms with van der Waals surface area (Å²) >= 11 is 0. The number of amides is 1. The summed E-state index contributed by atoms with van der Waals surface area (Å²) < 4.78 is 11.5. The van der Waals surface area contributed by atoms with E-state index in [2.05, 4.69) is 22.1 Å². The van der Waals surface area contributed by atoms with E-state index in [0.29, 0.717) is 31.4 Å². The molecule has 1 aromatic heterocycles. The topological polar surface area (TPSA) is 80.3 Å². The number of nitrogens with zero attached hydrogens (tertiary/aromatic N) is 3. The van der Waals surface area contributed by atoms with Crippen LogP contribution in [0.5, 0.6) is 0 Å². The van der Waals surface area contributed by atoms with Gasteiger partial charge in [0, 0.05) is 6.54 Å². The summed E-state index contributed by atoms with van der Waals surface area (Å²) in [7, 11) is 0. The molecule has 128 valence electrons. The predicted molar refractivity (Wildman–Crippen MR) is 83.8 cm³/mol. The standard InChI is InChI=1S/C16H26N4O3/c1-11-4-3-5-13(8-11)23-10-15(21)20-6-7-22-14(9-20)16-17-12(2)18-19-16/h11,13-14H,3-10H2,1-2H3,(H,17,18,19)/t11-,13-,14-/m0/s1. The van der Waals surface area contributed by atoms with Crippen molar-refractivity contribution in [1.82, 2.24) is 20.1 Å². The number of rotatable bonds is 4. The molecular formula is C16H26N4O3. The van der Waals surface area contributed by atoms with Crippen molar-refractivity contribution >= 4 is 5.91 Å². The molecule has 1 N–H and O–H groups in total. The van der Waals surface area contributed by atoms with Gasteiger partial charge in [0.1, 0.15) is 18.5 Å². The molecule has 3 rings (SSSR count). The van der Waals surface area contributed by atoms with Gasteiger partial charge in [-0.15, -0.1) is 0 Å². The van der Waals surface area contributed by atoms with Crippen molar-refractivity contribution in [1.29, 1.82) is 0 Å². The Morgan fingerprint density at radius 3 is 3.09 bits per heavy atom. The average molecular weight is 322 g/mol. The lowest BCUT2D eigenvalue weighted by atomic mass is 9.89. The summed E-state index contributed by atoms with van der Waals surface area (Å²) in [6.45, 7) is 5.86. The van der Waals surface area contributed by atoms with E-state index in [-0.39, 0.29) is 24.7 Å². The average Bonchev–Trinajstić information content (AvgIpc) is 2.99. The number of aromatic nitrogens is 3. The van der Waals surface area contributed by atoms with Crippen LogP contribution in [0.2, 0.25) is 0 Å². The Morgan fingerprint density at radius 2 is 2.35 bits per heavy atom. The van der Waals surface area contributed by atoms with E-state index in [1.165, 1.54) is 12.8 Å². The minimum absolute atomic E-state index is 0.0313. The second-order valence-corrected chi connectivity index (χ2v) is 6.68. The normalized spacial score (nSPS) is 28.8. The lowest BCUT2D eigenvalue weighted by Gasteiger charge is -2.32. The van der Waals surface area contributed by atoms with Crippen molar-refractivity contribution in [2.45, 2.75) is 51.7 Å². The van der Waals surface area contributed by atoms with Crippen molar-refractivity contribution in [3.63, 3.8) is 0 Å². The summed E-state index contributed by atoms with van der Waals surface area (Å²) in [6, 6.07) is 0. The number of aromatic amines is 1. The molecule has 1 amide bonds. The molecular weight excluding hydrogens is 296 g/mol. The first-order valence-corrected chi connectivity index (χ1v) is 8.51. The number of nitrogens with one attached hydrogen (secondary N) is 1. The minimum atomic E-state index is -0.257. The maximum Gasteiger partial charge on any atom is 0.248 e. The summed E-state index contributed by atoms with van der Waals surface area (Å²) in [5, 5.41) is 6.94. The van der Waals surface area contributed by atoms with E-state index in [1.54, 1.807) is 4.90 Å². The van der Waals surface area contributed by atoms with Gasteiger partial charge in [0.05, 0.1) is 19.3 Å². The zero-order chi connectivity index (χ0) is 16.2. The highest BCUT2D eigenvalue weighted by atomic mass is 16.5. The molecule has 1 saturated heterocycles. The third-order valence-corrected chi connectivity index (χ3v) is 4.65. The van der Waals surface area contributed by atoms with Gasteiger partial charge >= 0.3 is 0 Å². The molecule has 2 fully saturated rings. The highest BCUT2D eigenvalue weighted by Gasteiger charge is 2.28. The Hall–Kier alpha value is -1.47. The molecule has 1 aliphatic carbocycles. The number of ether oxygens (including phenoxy) is 2. The molecule has 3 atom stereocenters. The number of carbonyl (C=O) groups is 1. The summed E-state index contributed by atoms with van der Waals surface area (Å²) in [5.74, 6) is 2.10. The second-order valence-electron chi connectivity index (χ2n) is 6.68. The highest BCUT2D eigenvalue weighted by Crippen LogP contribution is 2.26. The zero-order valence-electron chi connectivity index (χ0n) is 14.0. The largest absolute Gasteiger partial charge is 0.368 e. The van der Waals surface area contributed by atoms with Crippen molar-refractivity contribution in [2.24, 2.45) is 5.92 Å². The molecule has 23 heavy (non-hydrogen) atoms. The molecule has 1 aliphatic heterocycles. The van der Waals surface area contributed by atoms with Crippen molar-refractivity contribution in [2.75, 3.05) is 26.3 Å². The van der Waals surface area contributed by atoms with E-state index >= 15 is 0 Å². The molecule has 2 heterocycles. The lowest BCUT2D eigenvalue weighted by molar-refractivity contribution is -0.147. The van der Waals surface area contributed by atoms with Crippen molar-refractivity contribution < 1.29 is 14.3 Å². The molecule has 0 aromatic carbocycles. The Balaban J connectivity index is 1.49. The quantitative estimate of drug-likeness (QED) is 0.911. The third-order valence-electron chi connectivity index (χ3n) is 4.65. The third kappa shape index (κ3) is 4.29. The smallest absolute Gasteiger partial charge is 0.248 e. The van der Waals surface area contributed by atoms with Crippen molar-refractivity contribution in [3.05, 3.63) is 11.6 Å². The zero-order valence-corrected chi connectivity index (χ0v) is 14.0. The van der Waals surface area contributed by atoms with E-state index in [9.17, 15) is 4.79 Å². The summed E-state index contributed by atoms with van der Waals surface area (Å²) in [4.78, 5) is 18.5. The molecule has 1 saturated carbocycles. The van der Waals surface area contributed by atoms with E-state index < -0.39 is 0 Å². The Morgan fingerprint density at radius 1 is 1.48 bits per heavy atom. The maximum absolute atomic E-state index is 12.4. The maximum atomic E-state index is 12.4. The van der Waals surface area contributed by atoms with Gasteiger partial charge < -0.3 is 14.4 Å². The number of hydrogen-bond donors (Lipinski definition) is 1. The number of aryl methyl sites for hydroxylation is 1. The van der Waals surface area contributed by atoms with Gasteiger partial charge in [-0.25, -0.2) is 4.98 Å². The first-order chi connectivity index (χ1) is 11.1. The molecule has 0 bridgehead atoms. The van der Waals surface area contributed by atoms with Crippen LogP contribution in [0, 0.1) is 12.8 Å². The Labute approximate surface area is 136 Å². The van der Waals surface area contributed by atoms with Crippen LogP contribution in [-0.2, 0) is 14.3 Å². The van der Waals surface area contributed by atoms with Gasteiger partial charge in [-0.3, -0.25) is 9.89 Å². The molecule has 0 radical (unpaired) electrons. The van der Waals surface area contributed by atoms with Crippen molar-refractivity contribution in [3.8, 4) is 0 Å². The van der Waals surface area contributed by atoms with Crippen LogP contribution in [0.4, 0.5) is 0 Å². The Bertz CT molecular complexity index is 533. The molecule has 7 nitrogen and oxygen atoms in total. The minimum Gasteiger partial charge on any atom is -0.368 e. The fourth-order valence-corrected chi connectivity index (χ4v) is 3.35. The first-order valence-electron chi connectivity index (χ1n) is 8.51. The predicted octanol–water partition coefficient (Wildman–Crippen LogP) is 1.61. The van der Waals surface area contributed by atoms with Crippen LogP contribution >= 0.6 is 0 Å². The van der Waals surface area contributed by atoms with Gasteiger partial charge in [-0.1, -0.05) is 19.8 Å². The van der Waals surface area contributed by atoms with Crippen LogP contribution in [0.25, 0.3) is 0 Å². The first kappa shape index (κ1) is 16.4. The van der Waals surface area contributed by atoms with Crippen LogP contribution in [0.3, 0.4) is 0 Å². The molecule has 0 unspecified atom stereocenters. The van der Waals surface area contributed by atoms with E-state index in [1.807, 2.05) is 6.92 Å². The van der Waals surface area contributed by atoms with Gasteiger partial charge in [-0.2, -0.15) is 5.10 Å². The molecule has 2 aliphatic rings. The van der Waals surface area contributed by atoms with Gasteiger partial charge in [0.2, 0.25) is 5.91 Å². The van der Waals surface area contributed by atoms with Crippen LogP contribution in [0.15, 0.2) is 0 Å². The molecule has 7 heteroatoms. The number of H-pyrrole nitrogens is 1. The monoisotopic (exact) mass is 322 g/mol. The van der Waals surface area contributed by atoms with Crippen LogP contribution in [0.1, 0.15) is 50.4 Å².